The molecular weight excluding hydrogens is 1330 g/mol. The number of anilines is 1. The lowest BCUT2D eigenvalue weighted by Gasteiger charge is -2.18. The summed E-state index contributed by atoms with van der Waals surface area (Å²) >= 11 is 5.34. The van der Waals surface area contributed by atoms with Crippen LogP contribution in [0.5, 0.6) is 5.75 Å². The number of fused-ring (bicyclic) bond motifs is 2. The number of aromatic carboxylic acids is 1. The second kappa shape index (κ2) is 64.2. The number of carbonyl (C=O) groups is 5. The number of carboxylic acid groups (broad SMARTS) is 1. The topological polar surface area (TPSA) is 278 Å². The van der Waals surface area contributed by atoms with Crippen molar-refractivity contribution < 1.29 is 66.6 Å². The molecule has 1 aliphatic heterocycles. The van der Waals surface area contributed by atoms with E-state index in [2.05, 4.69) is 103 Å². The summed E-state index contributed by atoms with van der Waals surface area (Å²) in [5.74, 6) is -1.36. The van der Waals surface area contributed by atoms with Crippen molar-refractivity contribution >= 4 is 71.5 Å². The second-order valence-electron chi connectivity index (χ2n) is 25.4. The van der Waals surface area contributed by atoms with Gasteiger partial charge in [0.2, 0.25) is 11.8 Å². The summed E-state index contributed by atoms with van der Waals surface area (Å²) in [6, 6.07) is 14.0. The van der Waals surface area contributed by atoms with Crippen LogP contribution in [0.3, 0.4) is 0 Å². The van der Waals surface area contributed by atoms with Crippen LogP contribution in [0.4, 0.5) is 5.69 Å². The molecule has 2 atom stereocenters. The lowest BCUT2D eigenvalue weighted by molar-refractivity contribution is -0.159. The molecule has 7 N–H and O–H groups in total. The third-order valence-electron chi connectivity index (χ3n) is 16.3. The fraction of sp³-hybridized carbons (Fsp3) is 0.642. The quantitative estimate of drug-likeness (QED) is 0.00540. The molecule has 0 spiro atoms. The molecule has 19 nitrogen and oxygen atoms in total. The van der Waals surface area contributed by atoms with Crippen LogP contribution < -0.4 is 26.7 Å². The summed E-state index contributed by atoms with van der Waals surface area (Å²) in [4.78, 5) is 79.6. The van der Waals surface area contributed by atoms with E-state index in [4.69, 9.17) is 31.0 Å². The minimum atomic E-state index is -3.97. The van der Waals surface area contributed by atoms with Crippen LogP contribution in [-0.4, -0.2) is 96.0 Å². The van der Waals surface area contributed by atoms with Crippen molar-refractivity contribution in [2.24, 2.45) is 0 Å². The molecule has 21 heteroatoms. The number of esters is 2. The van der Waals surface area contributed by atoms with E-state index in [9.17, 15) is 43.5 Å². The molecule has 2 amide bonds. The van der Waals surface area contributed by atoms with Gasteiger partial charge in [0.15, 0.2) is 10.5 Å². The average molecular weight is 1470 g/mol. The van der Waals surface area contributed by atoms with Gasteiger partial charge in [0.1, 0.15) is 29.8 Å². The van der Waals surface area contributed by atoms with Gasteiger partial charge in [-0.3, -0.25) is 33.0 Å². The lowest BCUT2D eigenvalue weighted by atomic mass is 9.90. The van der Waals surface area contributed by atoms with Crippen LogP contribution in [0.2, 0.25) is 0 Å². The first-order valence-corrected chi connectivity index (χ1v) is 40.5. The SMILES string of the molecule is CC/C=C\CCCCCCCC(=O)OCC(CC)OC(=O)CCCCCCC/C=C\CC.CCCCCCCC.CCCCCCCC.CCCCCNC(=S)Nc1ccc(-c2c3ccc(=O)cc-3oc3cc(O)ccc23)c(C(=O)O)c1.CCNC(=O)CCCCC(=O)NCCOP(=O)(O)OC. The molecule has 2 aromatic carbocycles. The third-order valence-corrected chi connectivity index (χ3v) is 17.5. The lowest BCUT2D eigenvalue weighted by Crippen LogP contribution is -2.29. The number of phosphoric ester groups is 1. The summed E-state index contributed by atoms with van der Waals surface area (Å²) in [5.41, 5.74) is 2.35. The Kier molecular flexibility index (Phi) is 60.1. The number of thiocarbonyl (C=S) groups is 1. The molecule has 2 aliphatic rings. The number of phosphoric acid groups is 1. The number of aromatic hydroxyl groups is 1. The van der Waals surface area contributed by atoms with Crippen molar-refractivity contribution in [3.63, 3.8) is 0 Å². The summed E-state index contributed by atoms with van der Waals surface area (Å²) in [5, 5.41) is 32.4. The van der Waals surface area contributed by atoms with E-state index >= 15 is 0 Å². The first-order chi connectivity index (χ1) is 49.2. The third kappa shape index (κ3) is 50.0. The van der Waals surface area contributed by atoms with Crippen molar-refractivity contribution in [3.05, 3.63) is 94.7 Å². The maximum absolute atomic E-state index is 12.3. The Bertz CT molecular complexity index is 2980. The second-order valence-corrected chi connectivity index (χ2v) is 27.3. The fourth-order valence-corrected chi connectivity index (χ4v) is 11.1. The zero-order chi connectivity index (χ0) is 75.9. The number of hydrogen-bond donors (Lipinski definition) is 7. The highest BCUT2D eigenvalue weighted by molar-refractivity contribution is 7.80. The van der Waals surface area contributed by atoms with Crippen molar-refractivity contribution in [1.29, 1.82) is 0 Å². The van der Waals surface area contributed by atoms with Gasteiger partial charge in [-0.2, -0.15) is 0 Å². The maximum Gasteiger partial charge on any atom is 0.471 e. The minimum Gasteiger partial charge on any atom is -0.508 e. The Labute approximate surface area is 618 Å². The molecule has 0 fully saturated rings. The van der Waals surface area contributed by atoms with E-state index in [-0.39, 0.29) is 66.4 Å². The number of carboxylic acids is 1. The van der Waals surface area contributed by atoms with Gasteiger partial charge in [0, 0.05) is 86.8 Å². The Hall–Kier alpha value is -6.44. The van der Waals surface area contributed by atoms with Crippen LogP contribution in [0.15, 0.2) is 88.1 Å². The molecule has 4 rings (SSSR count). The van der Waals surface area contributed by atoms with Gasteiger partial charge in [-0.15, -0.1) is 0 Å². The smallest absolute Gasteiger partial charge is 0.471 e. The predicted molar refractivity (Wildman–Crippen MR) is 423 cm³/mol. The predicted octanol–water partition coefficient (Wildman–Crippen LogP) is 21.0. The standard InChI is InChI=1S/C28H50O4.C26H24N2O5S.C11H23N2O6P.2C8H18/c1-4-7-9-11-13-15-17-19-21-23-27(29)31-25-26(6-3)32-28(30)24-22-20-18-16-14-12-10-8-5-2;1-2-3-4-11-27-26(34)28-15-5-8-18(21(12-15)25(31)32)24-19-9-6-16(29)13-22(19)33-23-14-17(30)7-10-20(23)24;1-3-12-10(14)6-4-5-7-11(15)13-8-9-19-20(16,17)18-2;2*1-3-5-7-8-6-4-2/h7-10,26H,4-6,11-25H2,1-3H3;5-10,12-14,29H,2-4,11H2,1H3,(H,31,32)(H2,27,28,34);3-9H2,1-2H3,(H,12,14)(H,13,15)(H,16,17);2*3-8H2,1-2H3/b9-7-,10-8-;;;;. The summed E-state index contributed by atoms with van der Waals surface area (Å²) in [7, 11) is -2.91. The van der Waals surface area contributed by atoms with Crippen LogP contribution >= 0.6 is 20.0 Å². The molecule has 0 saturated carbocycles. The molecular formula is C81H133N4O15PS. The number of phenols is 1. The molecule has 1 aliphatic carbocycles. The summed E-state index contributed by atoms with van der Waals surface area (Å²) in [6.07, 6.45) is 47.9. The van der Waals surface area contributed by atoms with E-state index in [0.29, 0.717) is 95.7 Å². The molecule has 0 aromatic heterocycles. The van der Waals surface area contributed by atoms with E-state index in [1.807, 2.05) is 13.8 Å². The van der Waals surface area contributed by atoms with Crippen LogP contribution in [0.1, 0.15) is 304 Å². The number of hydrogen-bond acceptors (Lipinski definition) is 14. The Morgan fingerprint density at radius 2 is 1.08 bits per heavy atom. The van der Waals surface area contributed by atoms with Crippen molar-refractivity contribution in [3.8, 4) is 28.2 Å². The average Bonchev–Trinajstić information content (AvgIpc) is 0.750. The van der Waals surface area contributed by atoms with E-state index in [1.54, 1.807) is 24.3 Å². The van der Waals surface area contributed by atoms with E-state index in [1.165, 1.54) is 139 Å². The highest BCUT2D eigenvalue weighted by atomic mass is 32.1. The largest absolute Gasteiger partial charge is 0.508 e. The highest BCUT2D eigenvalue weighted by Crippen LogP contribution is 2.43. The van der Waals surface area contributed by atoms with Crippen LogP contribution in [-0.2, 0) is 42.3 Å². The molecule has 0 bridgehead atoms. The number of allylic oxidation sites excluding steroid dienone is 4. The monoisotopic (exact) mass is 1460 g/mol. The normalized spacial score (nSPS) is 11.8. The number of nitrogens with one attached hydrogen (secondary N) is 4. The molecule has 578 valence electrons. The number of amides is 2. The van der Waals surface area contributed by atoms with Crippen LogP contribution in [0, 0.1) is 0 Å². The molecule has 2 unspecified atom stereocenters. The maximum atomic E-state index is 12.3. The Balaban J connectivity index is 0.00000138. The molecule has 0 saturated heterocycles. The van der Waals surface area contributed by atoms with Crippen molar-refractivity contribution in [2.45, 2.75) is 300 Å². The fourth-order valence-electron chi connectivity index (χ4n) is 10.4. The number of unbranched alkanes of at least 4 members (excludes halogenated alkanes) is 23. The summed E-state index contributed by atoms with van der Waals surface area (Å²) in [6.45, 7) is 20.8. The Morgan fingerprint density at radius 3 is 1.61 bits per heavy atom. The van der Waals surface area contributed by atoms with E-state index < -0.39 is 13.8 Å². The van der Waals surface area contributed by atoms with Gasteiger partial charge in [0.05, 0.1) is 12.2 Å². The number of phenolic OH excluding ortho intramolecular Hbond substituents is 1. The van der Waals surface area contributed by atoms with Gasteiger partial charge in [-0.05, 0) is 138 Å². The number of benzene rings is 3. The van der Waals surface area contributed by atoms with Crippen molar-refractivity contribution in [1.82, 2.24) is 16.0 Å². The highest BCUT2D eigenvalue weighted by Gasteiger charge is 2.23. The van der Waals surface area contributed by atoms with Gasteiger partial charge < -0.3 is 50.3 Å². The molecule has 1 heterocycles. The zero-order valence-corrected chi connectivity index (χ0v) is 65.9. The zero-order valence-electron chi connectivity index (χ0n) is 64.2. The van der Waals surface area contributed by atoms with E-state index in [0.717, 1.165) is 90.7 Å². The molecule has 2 aromatic rings. The first kappa shape index (κ1) is 95.6. The number of ether oxygens (including phenoxy) is 2. The number of rotatable bonds is 50. The van der Waals surface area contributed by atoms with Gasteiger partial charge >= 0.3 is 25.7 Å². The minimum absolute atomic E-state index is 0.00205. The van der Waals surface area contributed by atoms with Gasteiger partial charge in [-0.25, -0.2) is 9.36 Å². The number of carbonyl (C=O) groups excluding carboxylic acids is 4. The molecule has 102 heavy (non-hydrogen) atoms. The van der Waals surface area contributed by atoms with Gasteiger partial charge in [0.25, 0.3) is 0 Å². The summed E-state index contributed by atoms with van der Waals surface area (Å²) < 4.78 is 36.3. The Morgan fingerprint density at radius 1 is 0.569 bits per heavy atom. The van der Waals surface area contributed by atoms with Crippen molar-refractivity contribution in [2.75, 3.05) is 45.3 Å². The molecule has 0 radical (unpaired) electrons. The van der Waals surface area contributed by atoms with Crippen LogP contribution in [0.25, 0.3) is 33.4 Å². The first-order valence-electron chi connectivity index (χ1n) is 38.6. The van der Waals surface area contributed by atoms with Gasteiger partial charge in [-0.1, -0.05) is 214 Å².